The lowest BCUT2D eigenvalue weighted by Crippen LogP contribution is -2.40. The highest BCUT2D eigenvalue weighted by molar-refractivity contribution is 7.93. The summed E-state index contributed by atoms with van der Waals surface area (Å²) in [6.07, 6.45) is 6.04. The third kappa shape index (κ3) is 9.79. The lowest BCUT2D eigenvalue weighted by molar-refractivity contribution is -0.124. The molecule has 5 heterocycles. The molecule has 2 saturated heterocycles. The molecule has 3 aromatic heterocycles. The molecule has 0 unspecified atom stereocenters. The van der Waals surface area contributed by atoms with Crippen LogP contribution in [0, 0.1) is 5.82 Å². The number of nitrogens with one attached hydrogen (secondary N) is 3. The number of hydrogen-bond donors (Lipinski definition) is 4. The molecule has 6 aromatic rings. The van der Waals surface area contributed by atoms with Gasteiger partial charge in [0.2, 0.25) is 16.2 Å². The van der Waals surface area contributed by atoms with Crippen molar-refractivity contribution in [1.29, 1.82) is 0 Å². The van der Waals surface area contributed by atoms with Crippen LogP contribution in [0.1, 0.15) is 25.8 Å². The number of aromatic nitrogens is 5. The van der Waals surface area contributed by atoms with Crippen molar-refractivity contribution in [2.45, 2.75) is 47.7 Å². The monoisotopic (exact) mass is 875 g/mol. The SMILES string of the molecule is C[C@H](C(=O)N[C@@H]1CCN(c2ccc(S(=O)(=O)Nc3ncns3)cc2)C1)n1ccc2c(F)cccc21.Cl.N[C@H]1CCN(c2ccc(S(=O)(=O)Nc3ncns3)cc2)C1. The molecule has 5 N–H and O–H groups in total. The Balaban J connectivity index is 0.000000214. The van der Waals surface area contributed by atoms with E-state index in [1.807, 2.05) is 0 Å². The first-order valence-corrected chi connectivity index (χ1v) is 22.0. The number of halogens is 2. The summed E-state index contributed by atoms with van der Waals surface area (Å²) in [5, 5.41) is 4.04. The number of benzene rings is 3. The summed E-state index contributed by atoms with van der Waals surface area (Å²) in [5.41, 5.74) is 8.41. The van der Waals surface area contributed by atoms with Crippen LogP contribution < -0.4 is 30.3 Å². The molecule has 3 atom stereocenters. The van der Waals surface area contributed by atoms with E-state index < -0.39 is 26.1 Å². The molecule has 22 heteroatoms. The number of carbonyl (C=O) groups excluding carboxylic acids is 1. The molecule has 2 fully saturated rings. The number of nitrogens with two attached hydrogens (primary N) is 1. The Morgan fingerprint density at radius 3 is 1.86 bits per heavy atom. The summed E-state index contributed by atoms with van der Waals surface area (Å²) in [6.45, 7) is 4.83. The molecule has 16 nitrogen and oxygen atoms in total. The van der Waals surface area contributed by atoms with Crippen molar-refractivity contribution >= 4 is 94.0 Å². The second kappa shape index (κ2) is 17.7. The van der Waals surface area contributed by atoms with Gasteiger partial charge >= 0.3 is 0 Å². The fourth-order valence-electron chi connectivity index (χ4n) is 6.53. The first-order valence-electron chi connectivity index (χ1n) is 17.5. The summed E-state index contributed by atoms with van der Waals surface area (Å²) in [7, 11) is -7.36. The fourth-order valence-corrected chi connectivity index (χ4v) is 9.85. The van der Waals surface area contributed by atoms with E-state index in [4.69, 9.17) is 5.73 Å². The summed E-state index contributed by atoms with van der Waals surface area (Å²) < 4.78 is 77.5. The van der Waals surface area contributed by atoms with Crippen LogP contribution in [-0.4, -0.2) is 84.3 Å². The van der Waals surface area contributed by atoms with Crippen LogP contribution in [0.3, 0.4) is 0 Å². The molecule has 57 heavy (non-hydrogen) atoms. The number of amides is 1. The van der Waals surface area contributed by atoms with Gasteiger partial charge in [0, 0.05) is 84.3 Å². The maximum Gasteiger partial charge on any atom is 0.263 e. The molecule has 0 spiro atoms. The largest absolute Gasteiger partial charge is 0.370 e. The number of hydrogen-bond acceptors (Lipinski definition) is 14. The van der Waals surface area contributed by atoms with Gasteiger partial charge in [0.25, 0.3) is 20.0 Å². The number of carbonyl (C=O) groups is 1. The fraction of sp³-hybridized carbons (Fsp3) is 0.286. The van der Waals surface area contributed by atoms with Crippen molar-refractivity contribution < 1.29 is 26.0 Å². The second-order valence-corrected chi connectivity index (χ2v) is 18.1. The van der Waals surface area contributed by atoms with E-state index in [0.717, 1.165) is 66.9 Å². The van der Waals surface area contributed by atoms with Crippen molar-refractivity contribution in [2.24, 2.45) is 5.73 Å². The van der Waals surface area contributed by atoms with E-state index in [9.17, 15) is 26.0 Å². The Hall–Kier alpha value is -4.93. The van der Waals surface area contributed by atoms with Gasteiger partial charge in [0.1, 0.15) is 24.5 Å². The topological polar surface area (TPSA) is 210 Å². The molecular weight excluding hydrogens is 837 g/mol. The van der Waals surface area contributed by atoms with Gasteiger partial charge in [-0.2, -0.15) is 8.75 Å². The van der Waals surface area contributed by atoms with Crippen molar-refractivity contribution in [3.63, 3.8) is 0 Å². The van der Waals surface area contributed by atoms with Crippen molar-refractivity contribution in [2.75, 3.05) is 45.4 Å². The van der Waals surface area contributed by atoms with Gasteiger partial charge < -0.3 is 25.4 Å². The van der Waals surface area contributed by atoms with Gasteiger partial charge in [-0.3, -0.25) is 14.2 Å². The molecule has 0 bridgehead atoms. The van der Waals surface area contributed by atoms with Gasteiger partial charge in [-0.15, -0.1) is 12.4 Å². The minimum absolute atomic E-state index is 0. The lowest BCUT2D eigenvalue weighted by Gasteiger charge is -2.21. The molecule has 0 radical (unpaired) electrons. The van der Waals surface area contributed by atoms with E-state index in [0.29, 0.717) is 17.4 Å². The highest BCUT2D eigenvalue weighted by Crippen LogP contribution is 2.27. The van der Waals surface area contributed by atoms with Gasteiger partial charge in [0.15, 0.2) is 0 Å². The van der Waals surface area contributed by atoms with E-state index in [-0.39, 0.29) is 56.3 Å². The highest BCUT2D eigenvalue weighted by atomic mass is 35.5. The Kier molecular flexibility index (Phi) is 12.9. The Bertz CT molecular complexity index is 2490. The summed E-state index contributed by atoms with van der Waals surface area (Å²) >= 11 is 1.96. The Morgan fingerprint density at radius 2 is 1.35 bits per heavy atom. The maximum atomic E-state index is 14.0. The quantitative estimate of drug-likeness (QED) is 0.140. The molecule has 3 aromatic carbocycles. The predicted molar refractivity (Wildman–Crippen MR) is 222 cm³/mol. The number of nitrogens with zero attached hydrogens (tertiary/aromatic N) is 7. The lowest BCUT2D eigenvalue weighted by atomic mass is 10.2. The van der Waals surface area contributed by atoms with Crippen molar-refractivity contribution in [3.05, 3.63) is 97.5 Å². The van der Waals surface area contributed by atoms with Gasteiger partial charge in [-0.05, 0) is 86.5 Å². The highest BCUT2D eigenvalue weighted by Gasteiger charge is 2.27. The molecule has 2 aliphatic rings. The minimum atomic E-state index is -3.74. The van der Waals surface area contributed by atoms with E-state index >= 15 is 0 Å². The first kappa shape index (κ1) is 41.7. The summed E-state index contributed by atoms with van der Waals surface area (Å²) in [6, 6.07) is 19.5. The zero-order chi connectivity index (χ0) is 39.5. The average molecular weight is 876 g/mol. The van der Waals surface area contributed by atoms with Gasteiger partial charge in [-0.1, -0.05) is 6.07 Å². The smallest absolute Gasteiger partial charge is 0.263 e. The van der Waals surface area contributed by atoms with Crippen LogP contribution in [0.4, 0.5) is 26.0 Å². The van der Waals surface area contributed by atoms with Gasteiger partial charge in [-0.25, -0.2) is 31.2 Å². The van der Waals surface area contributed by atoms with Crippen molar-refractivity contribution in [3.8, 4) is 0 Å². The van der Waals surface area contributed by atoms with E-state index in [1.54, 1.807) is 84.4 Å². The molecule has 0 saturated carbocycles. The molecule has 302 valence electrons. The summed E-state index contributed by atoms with van der Waals surface area (Å²) in [5.74, 6) is -0.446. The average Bonchev–Trinajstić information content (AvgIpc) is 4.04. The number of anilines is 4. The van der Waals surface area contributed by atoms with Crippen LogP contribution in [0.25, 0.3) is 10.9 Å². The predicted octanol–water partition coefficient (Wildman–Crippen LogP) is 4.69. The van der Waals surface area contributed by atoms with Gasteiger partial charge in [0.05, 0.1) is 15.3 Å². The molecule has 0 aliphatic carbocycles. The molecule has 8 rings (SSSR count). The van der Waals surface area contributed by atoms with Crippen LogP contribution in [-0.2, 0) is 24.8 Å². The van der Waals surface area contributed by atoms with Crippen molar-refractivity contribution in [1.82, 2.24) is 28.6 Å². The number of rotatable bonds is 11. The normalized spacial score (nSPS) is 17.4. The van der Waals surface area contributed by atoms with E-state index in [1.165, 1.54) is 18.7 Å². The van der Waals surface area contributed by atoms with E-state index in [2.05, 4.69) is 43.3 Å². The minimum Gasteiger partial charge on any atom is -0.370 e. The standard InChI is InChI=1S/C23H23FN6O3S2.C12H15N5O2S2.ClH/c1-15(30-12-10-19-20(24)3-2-4-21(19)30)22(31)27-16-9-11-29(13-16)17-5-7-18(8-6-17)35(32,33)28-23-25-14-26-34-23;13-9-5-6-17(7-9)10-1-3-11(4-2-10)21(18,19)16-12-14-8-15-20-12;/h2-8,10,12,14-16H,9,11,13H2,1H3,(H,27,31)(H,25,26,28);1-4,8-9H,5-7,13H2,(H,14,15,16);1H/t15-,16-;9-;/m10./s1. The van der Waals surface area contributed by atoms with Crippen LogP contribution in [0.5, 0.6) is 0 Å². The third-order valence-electron chi connectivity index (χ3n) is 9.46. The zero-order valence-corrected chi connectivity index (χ0v) is 34.4. The van der Waals surface area contributed by atoms with Crippen LogP contribution in [0.2, 0.25) is 0 Å². The van der Waals surface area contributed by atoms with Crippen LogP contribution >= 0.6 is 35.5 Å². The third-order valence-corrected chi connectivity index (χ3v) is 13.6. The molecular formula is C35H39ClFN11O5S4. The second-order valence-electron chi connectivity index (χ2n) is 13.2. The Morgan fingerprint density at radius 1 is 0.807 bits per heavy atom. The zero-order valence-electron chi connectivity index (χ0n) is 30.3. The van der Waals surface area contributed by atoms with Crippen LogP contribution in [0.15, 0.2) is 101 Å². The Labute approximate surface area is 343 Å². The first-order chi connectivity index (χ1) is 26.9. The number of fused-ring (bicyclic) bond motifs is 1. The summed E-state index contributed by atoms with van der Waals surface area (Å²) in [4.78, 5) is 25.2. The number of sulfonamides is 2. The molecule has 1 amide bonds. The molecule has 2 aliphatic heterocycles. The maximum absolute atomic E-state index is 14.0.